The van der Waals surface area contributed by atoms with Crippen molar-refractivity contribution in [3.63, 3.8) is 0 Å². The molecule has 1 aromatic carbocycles. The molecule has 0 aliphatic heterocycles. The Morgan fingerprint density at radius 2 is 1.50 bits per heavy atom. The summed E-state index contributed by atoms with van der Waals surface area (Å²) in [7, 11) is 0.434. The molecule has 0 aliphatic rings. The van der Waals surface area contributed by atoms with E-state index in [-0.39, 0.29) is 0 Å². The first-order valence-corrected chi connectivity index (χ1v) is 11.7. The van der Waals surface area contributed by atoms with E-state index in [4.69, 9.17) is 13.9 Å². The van der Waals surface area contributed by atoms with Gasteiger partial charge in [0.2, 0.25) is 0 Å². The van der Waals surface area contributed by atoms with Gasteiger partial charge in [0.05, 0.1) is 13.2 Å². The van der Waals surface area contributed by atoms with Crippen molar-refractivity contribution in [2.24, 2.45) is 0 Å². The highest BCUT2D eigenvalue weighted by Gasteiger charge is 2.25. The van der Waals surface area contributed by atoms with E-state index in [9.17, 15) is 0 Å². The van der Waals surface area contributed by atoms with E-state index in [1.165, 1.54) is 11.1 Å². The third kappa shape index (κ3) is 6.73. The molecule has 0 fully saturated rings. The van der Waals surface area contributed by atoms with Crippen LogP contribution in [0, 0.1) is 0 Å². The molecular formula is C21H36O3SSi. The third-order valence-electron chi connectivity index (χ3n) is 3.97. The maximum Gasteiger partial charge on any atom is 0.310 e. The second-order valence-corrected chi connectivity index (χ2v) is 8.55. The first-order valence-electron chi connectivity index (χ1n) is 9.94. The summed E-state index contributed by atoms with van der Waals surface area (Å²) in [6.45, 7) is 14.5. The zero-order chi connectivity index (χ0) is 19.5. The second-order valence-electron chi connectivity index (χ2n) is 7.11. The van der Waals surface area contributed by atoms with Gasteiger partial charge in [0.25, 0.3) is 0 Å². The van der Waals surface area contributed by atoms with Crippen molar-refractivity contribution in [1.29, 1.82) is 0 Å². The summed E-state index contributed by atoms with van der Waals surface area (Å²) in [5.41, 5.74) is 2.34. The lowest BCUT2D eigenvalue weighted by molar-refractivity contribution is 0.288. The Kier molecular flexibility index (Phi) is 11.2. The summed E-state index contributed by atoms with van der Waals surface area (Å²) >= 11 is 4.29. The molecule has 148 valence electrons. The highest BCUT2D eigenvalue weighted by Crippen LogP contribution is 2.46. The van der Waals surface area contributed by atoms with Crippen LogP contribution in [0.2, 0.25) is 6.04 Å². The van der Waals surface area contributed by atoms with Gasteiger partial charge in [-0.2, -0.15) is 12.6 Å². The number of hydrogen-bond acceptors (Lipinski definition) is 4. The minimum atomic E-state index is 0.323. The zero-order valence-corrected chi connectivity index (χ0v) is 19.2. The maximum atomic E-state index is 6.26. The van der Waals surface area contributed by atoms with Crippen LogP contribution >= 0.6 is 12.6 Å². The molecule has 0 amide bonds. The van der Waals surface area contributed by atoms with Gasteiger partial charge in [0.15, 0.2) is 0 Å². The van der Waals surface area contributed by atoms with E-state index in [1.807, 2.05) is 0 Å². The van der Waals surface area contributed by atoms with Gasteiger partial charge < -0.3 is 13.9 Å². The topological polar surface area (TPSA) is 27.7 Å². The van der Waals surface area contributed by atoms with E-state index in [1.54, 1.807) is 0 Å². The number of thiol groups is 1. The van der Waals surface area contributed by atoms with Crippen molar-refractivity contribution in [3.05, 3.63) is 17.2 Å². The van der Waals surface area contributed by atoms with Gasteiger partial charge >= 0.3 is 9.76 Å². The molecule has 3 nitrogen and oxygen atoms in total. The van der Waals surface area contributed by atoms with Crippen LogP contribution in [-0.2, 0) is 0 Å². The largest absolute Gasteiger partial charge is 0.540 e. The average molecular weight is 397 g/mol. The standard InChI is InChI=1S/C21H36O3SSi/c1-7-10-22-17-14-18(24-26-13-9-12-25)20(16(5)6)21(23-11-8-2)19(17)15(3)4/h14-16,25H,7-13H2,1-6H3. The van der Waals surface area contributed by atoms with E-state index < -0.39 is 0 Å². The lowest BCUT2D eigenvalue weighted by Gasteiger charge is -2.26. The molecule has 0 N–H and O–H groups in total. The summed E-state index contributed by atoms with van der Waals surface area (Å²) in [6, 6.07) is 3.12. The molecule has 0 heterocycles. The monoisotopic (exact) mass is 396 g/mol. The number of rotatable bonds is 13. The van der Waals surface area contributed by atoms with Crippen molar-refractivity contribution in [2.45, 2.75) is 78.7 Å². The molecule has 0 spiro atoms. The van der Waals surface area contributed by atoms with Gasteiger partial charge in [0, 0.05) is 17.2 Å². The molecule has 5 heteroatoms. The molecule has 0 saturated heterocycles. The van der Waals surface area contributed by atoms with E-state index >= 15 is 0 Å². The Balaban J connectivity index is 3.40. The average Bonchev–Trinajstić information content (AvgIpc) is 2.60. The Morgan fingerprint density at radius 3 is 2.04 bits per heavy atom. The molecule has 0 aliphatic carbocycles. The Hall–Kier alpha value is -0.813. The quantitative estimate of drug-likeness (QED) is 0.243. The van der Waals surface area contributed by atoms with Crippen molar-refractivity contribution < 1.29 is 13.9 Å². The lowest BCUT2D eigenvalue weighted by atomic mass is 9.92. The van der Waals surface area contributed by atoms with Crippen LogP contribution in [0.5, 0.6) is 17.2 Å². The predicted octanol–water partition coefficient (Wildman–Crippen LogP) is 6.25. The minimum absolute atomic E-state index is 0.323. The summed E-state index contributed by atoms with van der Waals surface area (Å²) < 4.78 is 18.6. The van der Waals surface area contributed by atoms with Gasteiger partial charge in [-0.15, -0.1) is 0 Å². The van der Waals surface area contributed by atoms with Gasteiger partial charge in [-0.3, -0.25) is 0 Å². The predicted molar refractivity (Wildman–Crippen MR) is 116 cm³/mol. The normalized spacial score (nSPS) is 11.3. The second kappa shape index (κ2) is 12.6. The van der Waals surface area contributed by atoms with E-state index in [0.29, 0.717) is 34.8 Å². The highest BCUT2D eigenvalue weighted by molar-refractivity contribution is 7.80. The van der Waals surface area contributed by atoms with Crippen LogP contribution < -0.4 is 13.9 Å². The van der Waals surface area contributed by atoms with Gasteiger partial charge in [-0.25, -0.2) is 0 Å². The SMILES string of the molecule is CCCOc1cc(O[Si]CCCS)c(C(C)C)c(OCCC)c1C(C)C. The fourth-order valence-corrected chi connectivity index (χ4v) is 4.00. The summed E-state index contributed by atoms with van der Waals surface area (Å²) in [5.74, 6) is 4.34. The Bertz CT molecular complexity index is 532. The first-order chi connectivity index (χ1) is 12.5. The smallest absolute Gasteiger partial charge is 0.310 e. The Labute approximate surface area is 168 Å². The number of ether oxygens (including phenoxy) is 2. The molecular weight excluding hydrogens is 360 g/mol. The van der Waals surface area contributed by atoms with Gasteiger partial charge in [0.1, 0.15) is 17.2 Å². The third-order valence-corrected chi connectivity index (χ3v) is 5.21. The highest BCUT2D eigenvalue weighted by atomic mass is 32.1. The van der Waals surface area contributed by atoms with Crippen LogP contribution in [0.15, 0.2) is 6.07 Å². The Morgan fingerprint density at radius 1 is 0.923 bits per heavy atom. The molecule has 0 atom stereocenters. The summed E-state index contributed by atoms with van der Waals surface area (Å²) in [5, 5.41) is 0. The van der Waals surface area contributed by atoms with Gasteiger partial charge in [-0.1, -0.05) is 41.5 Å². The van der Waals surface area contributed by atoms with Crippen molar-refractivity contribution in [2.75, 3.05) is 19.0 Å². The fourth-order valence-electron chi connectivity index (χ4n) is 2.79. The molecule has 0 aromatic heterocycles. The van der Waals surface area contributed by atoms with E-state index in [0.717, 1.165) is 48.3 Å². The first kappa shape index (κ1) is 23.2. The van der Waals surface area contributed by atoms with Crippen LogP contribution in [0.25, 0.3) is 0 Å². The molecule has 2 radical (unpaired) electrons. The molecule has 1 aromatic rings. The van der Waals surface area contributed by atoms with Gasteiger partial charge in [-0.05, 0) is 42.9 Å². The summed E-state index contributed by atoms with van der Waals surface area (Å²) in [6.07, 6.45) is 3.03. The lowest BCUT2D eigenvalue weighted by Crippen LogP contribution is -2.12. The number of hydrogen-bond donors (Lipinski definition) is 1. The molecule has 0 unspecified atom stereocenters. The van der Waals surface area contributed by atoms with Crippen molar-refractivity contribution in [3.8, 4) is 17.2 Å². The van der Waals surface area contributed by atoms with Crippen molar-refractivity contribution >= 4 is 22.4 Å². The fraction of sp³-hybridized carbons (Fsp3) is 0.714. The van der Waals surface area contributed by atoms with Crippen LogP contribution in [-0.4, -0.2) is 28.7 Å². The molecule has 1 rings (SSSR count). The zero-order valence-electron chi connectivity index (χ0n) is 17.4. The van der Waals surface area contributed by atoms with Crippen LogP contribution in [0.1, 0.15) is 83.8 Å². The minimum Gasteiger partial charge on any atom is -0.540 e. The molecule has 0 saturated carbocycles. The summed E-state index contributed by atoms with van der Waals surface area (Å²) in [4.78, 5) is 0. The maximum absolute atomic E-state index is 6.26. The van der Waals surface area contributed by atoms with E-state index in [2.05, 4.69) is 60.2 Å². The number of benzene rings is 1. The van der Waals surface area contributed by atoms with Crippen LogP contribution in [0.3, 0.4) is 0 Å². The molecule has 0 bridgehead atoms. The van der Waals surface area contributed by atoms with Crippen LogP contribution in [0.4, 0.5) is 0 Å². The van der Waals surface area contributed by atoms with Crippen molar-refractivity contribution in [1.82, 2.24) is 0 Å². The molecule has 26 heavy (non-hydrogen) atoms.